The smallest absolute Gasteiger partial charge is 0.303 e. The van der Waals surface area contributed by atoms with Gasteiger partial charge >= 0.3 is 5.97 Å². The lowest BCUT2D eigenvalue weighted by atomic mass is 9.73. The predicted octanol–water partition coefficient (Wildman–Crippen LogP) is 0.605. The number of ketones is 3. The Balaban J connectivity index is 5.15. The summed E-state index contributed by atoms with van der Waals surface area (Å²) in [6, 6.07) is 0. The Morgan fingerprint density at radius 1 is 0.933 bits per heavy atom. The second-order valence-corrected chi connectivity index (χ2v) is 3.47. The fourth-order valence-corrected chi connectivity index (χ4v) is 1.57. The molecule has 0 unspecified atom stereocenters. The maximum Gasteiger partial charge on any atom is 0.303 e. The van der Waals surface area contributed by atoms with E-state index in [0.29, 0.717) is 0 Å². The van der Waals surface area contributed by atoms with Gasteiger partial charge in [-0.2, -0.15) is 0 Å². The van der Waals surface area contributed by atoms with E-state index in [2.05, 4.69) is 0 Å². The second-order valence-electron chi connectivity index (χ2n) is 3.47. The number of hydrogen-bond acceptors (Lipinski definition) is 4. The van der Waals surface area contributed by atoms with Gasteiger partial charge in [-0.25, -0.2) is 0 Å². The topological polar surface area (TPSA) is 88.5 Å². The van der Waals surface area contributed by atoms with Gasteiger partial charge in [-0.15, -0.1) is 0 Å². The van der Waals surface area contributed by atoms with E-state index in [4.69, 9.17) is 5.11 Å². The molecule has 0 spiro atoms. The average Bonchev–Trinajstić information content (AvgIpc) is 2.02. The molecule has 5 heteroatoms. The van der Waals surface area contributed by atoms with Crippen molar-refractivity contribution in [3.63, 3.8) is 0 Å². The molecule has 5 nitrogen and oxygen atoms in total. The Hall–Kier alpha value is -1.52. The Kier molecular flexibility index (Phi) is 4.33. The van der Waals surface area contributed by atoms with Crippen molar-refractivity contribution >= 4 is 23.3 Å². The first-order chi connectivity index (χ1) is 6.75. The standard InChI is InChI=1S/C10H14O5/c1-6(11)10(7(2)12,8(3)13)5-4-9(14)15/h4-5H2,1-3H3,(H,14,15). The molecule has 0 fully saturated rings. The Morgan fingerprint density at radius 3 is 1.47 bits per heavy atom. The molecule has 0 aliphatic carbocycles. The van der Waals surface area contributed by atoms with Crippen molar-refractivity contribution in [2.75, 3.05) is 0 Å². The third-order valence-electron chi connectivity index (χ3n) is 2.52. The minimum atomic E-state index is -1.77. The van der Waals surface area contributed by atoms with Crippen molar-refractivity contribution in [3.8, 4) is 0 Å². The summed E-state index contributed by atoms with van der Waals surface area (Å²) in [5.74, 6) is -2.92. The van der Waals surface area contributed by atoms with Crippen molar-refractivity contribution in [1.82, 2.24) is 0 Å². The predicted molar refractivity (Wildman–Crippen MR) is 51.3 cm³/mol. The molecule has 15 heavy (non-hydrogen) atoms. The summed E-state index contributed by atoms with van der Waals surface area (Å²) in [5.41, 5.74) is -1.77. The molecule has 0 heterocycles. The van der Waals surface area contributed by atoms with E-state index in [-0.39, 0.29) is 12.8 Å². The molecular formula is C10H14O5. The minimum absolute atomic E-state index is 0.262. The Labute approximate surface area is 87.5 Å². The van der Waals surface area contributed by atoms with Crippen LogP contribution in [0.5, 0.6) is 0 Å². The zero-order valence-corrected chi connectivity index (χ0v) is 8.99. The highest BCUT2D eigenvalue weighted by Crippen LogP contribution is 2.28. The van der Waals surface area contributed by atoms with Gasteiger partial charge in [-0.05, 0) is 27.2 Å². The molecular weight excluding hydrogens is 200 g/mol. The SMILES string of the molecule is CC(=O)C(CCC(=O)O)(C(C)=O)C(C)=O. The molecule has 0 aliphatic rings. The Morgan fingerprint density at radius 2 is 1.27 bits per heavy atom. The number of carboxylic acids is 1. The van der Waals surface area contributed by atoms with Gasteiger partial charge < -0.3 is 5.11 Å². The van der Waals surface area contributed by atoms with Crippen LogP contribution in [0, 0.1) is 5.41 Å². The number of carboxylic acid groups (broad SMARTS) is 1. The lowest BCUT2D eigenvalue weighted by Gasteiger charge is -2.24. The molecule has 0 aliphatic heterocycles. The van der Waals surface area contributed by atoms with Crippen LogP contribution < -0.4 is 0 Å². The van der Waals surface area contributed by atoms with Crippen molar-refractivity contribution in [3.05, 3.63) is 0 Å². The van der Waals surface area contributed by atoms with E-state index < -0.39 is 28.7 Å². The number of carbonyl (C=O) groups excluding carboxylic acids is 3. The van der Waals surface area contributed by atoms with Gasteiger partial charge in [0.05, 0.1) is 0 Å². The highest BCUT2D eigenvalue weighted by atomic mass is 16.4. The fraction of sp³-hybridized carbons (Fsp3) is 0.600. The maximum absolute atomic E-state index is 11.3. The van der Waals surface area contributed by atoms with Crippen LogP contribution in [0.15, 0.2) is 0 Å². The largest absolute Gasteiger partial charge is 0.481 e. The van der Waals surface area contributed by atoms with Crippen molar-refractivity contribution in [2.45, 2.75) is 33.6 Å². The van der Waals surface area contributed by atoms with E-state index in [9.17, 15) is 19.2 Å². The van der Waals surface area contributed by atoms with E-state index in [0.717, 1.165) is 20.8 Å². The van der Waals surface area contributed by atoms with Crippen LogP contribution in [-0.2, 0) is 19.2 Å². The van der Waals surface area contributed by atoms with Crippen LogP contribution in [0.3, 0.4) is 0 Å². The number of aliphatic carboxylic acids is 1. The first-order valence-corrected chi connectivity index (χ1v) is 4.50. The van der Waals surface area contributed by atoms with E-state index in [1.807, 2.05) is 0 Å². The fourth-order valence-electron chi connectivity index (χ4n) is 1.57. The van der Waals surface area contributed by atoms with Crippen molar-refractivity contribution in [1.29, 1.82) is 0 Å². The highest BCUT2D eigenvalue weighted by molar-refractivity contribution is 6.22. The van der Waals surface area contributed by atoms with Crippen LogP contribution in [0.2, 0.25) is 0 Å². The quantitative estimate of drug-likeness (QED) is 0.654. The molecule has 0 saturated heterocycles. The molecule has 0 aromatic heterocycles. The van der Waals surface area contributed by atoms with E-state index in [1.54, 1.807) is 0 Å². The third-order valence-corrected chi connectivity index (χ3v) is 2.52. The summed E-state index contributed by atoms with van der Waals surface area (Å²) in [7, 11) is 0. The second kappa shape index (κ2) is 4.82. The number of rotatable bonds is 6. The first-order valence-electron chi connectivity index (χ1n) is 4.50. The van der Waals surface area contributed by atoms with Crippen LogP contribution in [-0.4, -0.2) is 28.4 Å². The molecule has 0 radical (unpaired) electrons. The zero-order valence-electron chi connectivity index (χ0n) is 8.99. The molecule has 84 valence electrons. The summed E-state index contributed by atoms with van der Waals surface area (Å²) in [4.78, 5) is 44.4. The molecule has 0 atom stereocenters. The molecule has 0 aromatic carbocycles. The van der Waals surface area contributed by atoms with Crippen LogP contribution in [0.4, 0.5) is 0 Å². The molecule has 0 amide bonds. The lowest BCUT2D eigenvalue weighted by molar-refractivity contribution is -0.147. The molecule has 0 aromatic rings. The van der Waals surface area contributed by atoms with Crippen LogP contribution in [0.25, 0.3) is 0 Å². The summed E-state index contributed by atoms with van der Waals surface area (Å²) < 4.78 is 0. The molecule has 0 saturated carbocycles. The summed E-state index contributed by atoms with van der Waals surface area (Å²) in [5, 5.41) is 8.49. The minimum Gasteiger partial charge on any atom is -0.481 e. The average molecular weight is 214 g/mol. The van der Waals surface area contributed by atoms with Gasteiger partial charge in [0.15, 0.2) is 17.3 Å². The van der Waals surface area contributed by atoms with E-state index in [1.165, 1.54) is 0 Å². The first kappa shape index (κ1) is 13.5. The zero-order chi connectivity index (χ0) is 12.2. The Bertz CT molecular complexity index is 280. The maximum atomic E-state index is 11.3. The van der Waals surface area contributed by atoms with Crippen LogP contribution >= 0.6 is 0 Å². The number of hydrogen-bond donors (Lipinski definition) is 1. The highest BCUT2D eigenvalue weighted by Gasteiger charge is 2.45. The monoisotopic (exact) mass is 214 g/mol. The van der Waals surface area contributed by atoms with Gasteiger partial charge in [0.1, 0.15) is 5.41 Å². The molecule has 0 bridgehead atoms. The van der Waals surface area contributed by atoms with Gasteiger partial charge in [0, 0.05) is 6.42 Å². The van der Waals surface area contributed by atoms with Gasteiger partial charge in [-0.3, -0.25) is 19.2 Å². The van der Waals surface area contributed by atoms with Crippen LogP contribution in [0.1, 0.15) is 33.6 Å². The van der Waals surface area contributed by atoms with Gasteiger partial charge in [0.2, 0.25) is 0 Å². The summed E-state index contributed by atoms with van der Waals surface area (Å²) >= 11 is 0. The van der Waals surface area contributed by atoms with E-state index >= 15 is 0 Å². The molecule has 1 N–H and O–H groups in total. The number of carbonyl (C=O) groups is 4. The summed E-state index contributed by atoms with van der Waals surface area (Å²) in [6.07, 6.45) is -0.638. The van der Waals surface area contributed by atoms with Crippen molar-refractivity contribution in [2.24, 2.45) is 5.41 Å². The van der Waals surface area contributed by atoms with Gasteiger partial charge in [-0.1, -0.05) is 0 Å². The molecule has 0 rings (SSSR count). The number of Topliss-reactive ketones (excluding diaryl/α,β-unsaturated/α-hetero) is 3. The third kappa shape index (κ3) is 2.71. The van der Waals surface area contributed by atoms with Crippen molar-refractivity contribution < 1.29 is 24.3 Å². The van der Waals surface area contributed by atoms with Gasteiger partial charge in [0.25, 0.3) is 0 Å². The normalized spacial score (nSPS) is 10.9. The lowest BCUT2D eigenvalue weighted by Crippen LogP contribution is -2.43. The summed E-state index contributed by atoms with van der Waals surface area (Å²) in [6.45, 7) is 3.39.